The van der Waals surface area contributed by atoms with Crippen LogP contribution < -0.4 is 10.1 Å². The molecule has 0 saturated carbocycles. The van der Waals surface area contributed by atoms with Crippen LogP contribution in [-0.4, -0.2) is 7.11 Å². The Kier molecular flexibility index (Phi) is 4.35. The summed E-state index contributed by atoms with van der Waals surface area (Å²) in [4.78, 5) is 0. The molecule has 0 fully saturated rings. The average Bonchev–Trinajstić information content (AvgIpc) is 2.44. The monoisotopic (exact) mass is 299 g/mol. The lowest BCUT2D eigenvalue weighted by molar-refractivity contribution is 0.402. The number of anilines is 1. The van der Waals surface area contributed by atoms with Crippen LogP contribution in [-0.2, 0) is 0 Å². The Labute approximate surface area is 119 Å². The van der Waals surface area contributed by atoms with Gasteiger partial charge >= 0.3 is 0 Å². The van der Waals surface area contributed by atoms with E-state index in [0.717, 1.165) is 12.1 Å². The maximum Gasteiger partial charge on any atom is 0.194 e. The zero-order valence-electron chi connectivity index (χ0n) is 11.4. The van der Waals surface area contributed by atoms with Crippen molar-refractivity contribution in [1.82, 2.24) is 0 Å². The molecule has 0 bridgehead atoms. The first-order valence-corrected chi connectivity index (χ1v) is 6.17. The van der Waals surface area contributed by atoms with Crippen LogP contribution in [0.1, 0.15) is 18.5 Å². The maximum atomic E-state index is 13.9. The highest BCUT2D eigenvalue weighted by Gasteiger charge is 2.18. The molecule has 0 spiro atoms. The third-order valence-corrected chi connectivity index (χ3v) is 3.03. The van der Waals surface area contributed by atoms with Gasteiger partial charge in [-0.1, -0.05) is 6.07 Å². The molecule has 1 N–H and O–H groups in total. The molecule has 0 amide bonds. The van der Waals surface area contributed by atoms with E-state index in [1.54, 1.807) is 13.0 Å². The third kappa shape index (κ3) is 3.09. The van der Waals surface area contributed by atoms with Crippen molar-refractivity contribution < 1.29 is 22.3 Å². The zero-order valence-corrected chi connectivity index (χ0v) is 11.4. The van der Waals surface area contributed by atoms with Gasteiger partial charge < -0.3 is 10.1 Å². The highest BCUT2D eigenvalue weighted by atomic mass is 19.2. The van der Waals surface area contributed by atoms with Crippen molar-refractivity contribution in [2.24, 2.45) is 0 Å². The summed E-state index contributed by atoms with van der Waals surface area (Å²) in [5.74, 6) is -4.39. The second-order valence-corrected chi connectivity index (χ2v) is 4.48. The van der Waals surface area contributed by atoms with Crippen LogP contribution in [0.25, 0.3) is 0 Å². The van der Waals surface area contributed by atoms with Crippen LogP contribution in [0.5, 0.6) is 5.75 Å². The molecular weight excluding hydrogens is 286 g/mol. The lowest BCUT2D eigenvalue weighted by Gasteiger charge is -2.19. The summed E-state index contributed by atoms with van der Waals surface area (Å²) in [7, 11) is 1.39. The highest BCUT2D eigenvalue weighted by Crippen LogP contribution is 2.30. The Bertz CT molecular complexity index is 637. The number of ether oxygens (including phenoxy) is 1. The minimum Gasteiger partial charge on any atom is -0.496 e. The standard InChI is InChI=1S/C15H13F4NO/c1-8(14-10(16)4-3-5-13(14)21-2)20-9-6-11(17)15(19)12(18)7-9/h3-8,20H,1-2H3. The Hall–Kier alpha value is -2.24. The van der Waals surface area contributed by atoms with Crippen molar-refractivity contribution in [2.45, 2.75) is 13.0 Å². The highest BCUT2D eigenvalue weighted by molar-refractivity contribution is 5.48. The fourth-order valence-corrected chi connectivity index (χ4v) is 2.08. The van der Waals surface area contributed by atoms with E-state index in [1.165, 1.54) is 19.2 Å². The summed E-state index contributed by atoms with van der Waals surface area (Å²) in [5.41, 5.74) is 0.217. The molecular formula is C15H13F4NO. The molecule has 21 heavy (non-hydrogen) atoms. The number of rotatable bonds is 4. The van der Waals surface area contributed by atoms with Crippen LogP contribution in [0.4, 0.5) is 23.2 Å². The van der Waals surface area contributed by atoms with Gasteiger partial charge in [0.1, 0.15) is 11.6 Å². The Balaban J connectivity index is 2.32. The van der Waals surface area contributed by atoms with Gasteiger partial charge in [-0.2, -0.15) is 0 Å². The molecule has 6 heteroatoms. The predicted molar refractivity (Wildman–Crippen MR) is 71.3 cm³/mol. The fourth-order valence-electron chi connectivity index (χ4n) is 2.08. The van der Waals surface area contributed by atoms with E-state index in [2.05, 4.69) is 5.32 Å². The largest absolute Gasteiger partial charge is 0.496 e. The first kappa shape index (κ1) is 15.2. The molecule has 0 aromatic heterocycles. The van der Waals surface area contributed by atoms with Gasteiger partial charge in [0.15, 0.2) is 17.5 Å². The fraction of sp³-hybridized carbons (Fsp3) is 0.200. The smallest absolute Gasteiger partial charge is 0.194 e. The van der Waals surface area contributed by atoms with Gasteiger partial charge in [-0.3, -0.25) is 0 Å². The molecule has 112 valence electrons. The summed E-state index contributed by atoms with van der Waals surface area (Å²) in [6.07, 6.45) is 0. The molecule has 0 aliphatic rings. The molecule has 0 aliphatic heterocycles. The van der Waals surface area contributed by atoms with Crippen LogP contribution in [0.3, 0.4) is 0 Å². The van der Waals surface area contributed by atoms with Gasteiger partial charge in [0, 0.05) is 17.8 Å². The predicted octanol–water partition coefficient (Wildman–Crippen LogP) is 4.42. The molecule has 2 aromatic carbocycles. The summed E-state index contributed by atoms with van der Waals surface area (Å²) < 4.78 is 58.2. The molecule has 0 saturated heterocycles. The van der Waals surface area contributed by atoms with Gasteiger partial charge in [0.25, 0.3) is 0 Å². The molecule has 2 rings (SSSR count). The van der Waals surface area contributed by atoms with E-state index in [1.807, 2.05) is 0 Å². The quantitative estimate of drug-likeness (QED) is 0.666. The summed E-state index contributed by atoms with van der Waals surface area (Å²) in [6.45, 7) is 1.60. The summed E-state index contributed by atoms with van der Waals surface area (Å²) >= 11 is 0. The number of hydrogen-bond donors (Lipinski definition) is 1. The topological polar surface area (TPSA) is 21.3 Å². The van der Waals surface area contributed by atoms with Gasteiger partial charge in [0.2, 0.25) is 0 Å². The molecule has 1 atom stereocenters. The normalized spacial score (nSPS) is 12.1. The molecule has 0 heterocycles. The first-order chi connectivity index (χ1) is 9.93. The van der Waals surface area contributed by atoms with E-state index >= 15 is 0 Å². The average molecular weight is 299 g/mol. The summed E-state index contributed by atoms with van der Waals surface area (Å²) in [5, 5.41) is 2.72. The Morgan fingerprint density at radius 1 is 1.00 bits per heavy atom. The first-order valence-electron chi connectivity index (χ1n) is 6.17. The van der Waals surface area contributed by atoms with Crippen molar-refractivity contribution >= 4 is 5.69 Å². The van der Waals surface area contributed by atoms with Crippen molar-refractivity contribution in [3.8, 4) is 5.75 Å². The second-order valence-electron chi connectivity index (χ2n) is 4.48. The minimum absolute atomic E-state index is 0.00389. The number of hydrogen-bond acceptors (Lipinski definition) is 2. The zero-order chi connectivity index (χ0) is 15.6. The number of benzene rings is 2. The van der Waals surface area contributed by atoms with Crippen molar-refractivity contribution in [3.63, 3.8) is 0 Å². The van der Waals surface area contributed by atoms with E-state index in [-0.39, 0.29) is 11.3 Å². The van der Waals surface area contributed by atoms with Gasteiger partial charge in [-0.15, -0.1) is 0 Å². The van der Waals surface area contributed by atoms with Gasteiger partial charge in [-0.25, -0.2) is 17.6 Å². The van der Waals surface area contributed by atoms with Crippen LogP contribution in [0.15, 0.2) is 30.3 Å². The minimum atomic E-state index is -1.54. The third-order valence-electron chi connectivity index (χ3n) is 3.03. The summed E-state index contributed by atoms with van der Waals surface area (Å²) in [6, 6.07) is 5.29. The van der Waals surface area contributed by atoms with Crippen LogP contribution in [0, 0.1) is 23.3 Å². The van der Waals surface area contributed by atoms with E-state index in [9.17, 15) is 17.6 Å². The molecule has 1 unspecified atom stereocenters. The van der Waals surface area contributed by atoms with Crippen molar-refractivity contribution in [3.05, 3.63) is 59.2 Å². The van der Waals surface area contributed by atoms with Gasteiger partial charge in [-0.05, 0) is 19.1 Å². The number of nitrogens with one attached hydrogen (secondary N) is 1. The maximum absolute atomic E-state index is 13.9. The van der Waals surface area contributed by atoms with Crippen LogP contribution in [0.2, 0.25) is 0 Å². The lowest BCUT2D eigenvalue weighted by Crippen LogP contribution is -2.11. The molecule has 2 nitrogen and oxygen atoms in total. The molecule has 2 aromatic rings. The Morgan fingerprint density at radius 3 is 2.19 bits per heavy atom. The number of halogens is 4. The van der Waals surface area contributed by atoms with Crippen molar-refractivity contribution in [1.29, 1.82) is 0 Å². The SMILES string of the molecule is COc1cccc(F)c1C(C)Nc1cc(F)c(F)c(F)c1. The lowest BCUT2D eigenvalue weighted by atomic mass is 10.1. The molecule has 0 aliphatic carbocycles. The van der Waals surface area contributed by atoms with E-state index in [4.69, 9.17) is 4.74 Å². The number of methoxy groups -OCH3 is 1. The van der Waals surface area contributed by atoms with Crippen LogP contribution >= 0.6 is 0 Å². The van der Waals surface area contributed by atoms with Crippen molar-refractivity contribution in [2.75, 3.05) is 12.4 Å². The second kappa shape index (κ2) is 6.03. The van der Waals surface area contributed by atoms with E-state index in [0.29, 0.717) is 5.75 Å². The Morgan fingerprint density at radius 2 is 1.62 bits per heavy atom. The van der Waals surface area contributed by atoms with E-state index < -0.39 is 29.3 Å². The van der Waals surface area contributed by atoms with Gasteiger partial charge in [0.05, 0.1) is 18.7 Å². The molecule has 0 radical (unpaired) electrons.